The molecule has 106 valence electrons. The minimum atomic E-state index is -0.853. The number of halogens is 4. The Kier molecular flexibility index (Phi) is 4.53. The van der Waals surface area contributed by atoms with Gasteiger partial charge in [-0.3, -0.25) is 0 Å². The first-order valence-electron chi connectivity index (χ1n) is 6.23. The molecule has 2 aromatic rings. The molecule has 0 heterocycles. The Morgan fingerprint density at radius 2 is 1.55 bits per heavy atom. The highest BCUT2D eigenvalue weighted by Crippen LogP contribution is 2.30. The molecule has 0 aliphatic carbocycles. The summed E-state index contributed by atoms with van der Waals surface area (Å²) >= 11 is 3.52. The van der Waals surface area contributed by atoms with Crippen molar-refractivity contribution >= 4 is 15.9 Å². The molecule has 0 N–H and O–H groups in total. The van der Waals surface area contributed by atoms with Crippen LogP contribution in [-0.4, -0.2) is 0 Å². The van der Waals surface area contributed by atoms with Crippen LogP contribution in [0.1, 0.15) is 27.1 Å². The van der Waals surface area contributed by atoms with Crippen LogP contribution in [0.4, 0.5) is 13.2 Å². The van der Waals surface area contributed by atoms with E-state index in [0.717, 1.165) is 11.6 Å². The number of hydrogen-bond donors (Lipinski definition) is 0. The number of alkyl halides is 1. The van der Waals surface area contributed by atoms with Gasteiger partial charge in [-0.05, 0) is 54.7 Å². The van der Waals surface area contributed by atoms with Crippen molar-refractivity contribution in [3.8, 4) is 0 Å². The van der Waals surface area contributed by atoms with Crippen molar-refractivity contribution in [2.75, 3.05) is 0 Å². The summed E-state index contributed by atoms with van der Waals surface area (Å²) in [4.78, 5) is -0.0784. The van der Waals surface area contributed by atoms with Crippen molar-refractivity contribution in [2.45, 2.75) is 25.1 Å². The Labute approximate surface area is 124 Å². The van der Waals surface area contributed by atoms with Gasteiger partial charge >= 0.3 is 0 Å². The van der Waals surface area contributed by atoms with Gasteiger partial charge in [0.25, 0.3) is 0 Å². The van der Waals surface area contributed by atoms with Gasteiger partial charge in [0.15, 0.2) is 11.6 Å². The van der Waals surface area contributed by atoms with E-state index in [0.29, 0.717) is 23.1 Å². The minimum absolute atomic E-state index is 0.0784. The summed E-state index contributed by atoms with van der Waals surface area (Å²) in [5.74, 6) is -1.91. The Hall–Kier alpha value is -1.29. The Bertz CT molecular complexity index is 615. The molecule has 0 saturated heterocycles. The zero-order chi connectivity index (χ0) is 14.9. The van der Waals surface area contributed by atoms with E-state index in [1.54, 1.807) is 32.0 Å². The Balaban J connectivity index is 2.23. The molecule has 0 amide bonds. The topological polar surface area (TPSA) is 0 Å². The van der Waals surface area contributed by atoms with Crippen molar-refractivity contribution < 1.29 is 13.2 Å². The molecule has 0 radical (unpaired) electrons. The number of hydrogen-bond acceptors (Lipinski definition) is 0. The third-order valence-electron chi connectivity index (χ3n) is 3.22. The highest BCUT2D eigenvalue weighted by Gasteiger charge is 2.13. The van der Waals surface area contributed by atoms with Crippen molar-refractivity contribution in [1.29, 1.82) is 0 Å². The van der Waals surface area contributed by atoms with Crippen LogP contribution in [0.25, 0.3) is 0 Å². The molecular weight excluding hydrogens is 329 g/mol. The normalized spacial score (nSPS) is 12.5. The predicted molar refractivity (Wildman–Crippen MR) is 77.6 cm³/mol. The number of aryl methyl sites for hydroxylation is 2. The maximum atomic E-state index is 13.6. The molecule has 0 aliphatic rings. The fourth-order valence-electron chi connectivity index (χ4n) is 2.15. The van der Waals surface area contributed by atoms with E-state index in [4.69, 9.17) is 0 Å². The van der Waals surface area contributed by atoms with E-state index < -0.39 is 11.6 Å². The van der Waals surface area contributed by atoms with Gasteiger partial charge in [-0.1, -0.05) is 34.1 Å². The van der Waals surface area contributed by atoms with E-state index in [1.165, 1.54) is 6.07 Å². The van der Waals surface area contributed by atoms with Gasteiger partial charge in [0.1, 0.15) is 5.82 Å². The third-order valence-corrected chi connectivity index (χ3v) is 4.07. The lowest BCUT2D eigenvalue weighted by molar-refractivity contribution is 0.507. The zero-order valence-electron chi connectivity index (χ0n) is 11.2. The minimum Gasteiger partial charge on any atom is -0.206 e. The van der Waals surface area contributed by atoms with Crippen LogP contribution in [0, 0.1) is 31.3 Å². The monoisotopic (exact) mass is 342 g/mol. The van der Waals surface area contributed by atoms with Gasteiger partial charge in [-0.2, -0.15) is 0 Å². The maximum Gasteiger partial charge on any atom is 0.159 e. The van der Waals surface area contributed by atoms with Crippen LogP contribution < -0.4 is 0 Å². The molecule has 0 fully saturated rings. The molecule has 0 spiro atoms. The van der Waals surface area contributed by atoms with Gasteiger partial charge in [0.05, 0.1) is 0 Å². The average molecular weight is 343 g/mol. The summed E-state index contributed by atoms with van der Waals surface area (Å²) in [5.41, 5.74) is 2.76. The molecular formula is C16H14BrF3. The van der Waals surface area contributed by atoms with E-state index in [9.17, 15) is 13.2 Å². The Morgan fingerprint density at radius 1 is 0.950 bits per heavy atom. The van der Waals surface area contributed by atoms with Crippen LogP contribution in [0.5, 0.6) is 0 Å². The smallest absolute Gasteiger partial charge is 0.159 e. The molecule has 2 aromatic carbocycles. The average Bonchev–Trinajstić information content (AvgIpc) is 2.39. The highest BCUT2D eigenvalue weighted by atomic mass is 79.9. The zero-order valence-corrected chi connectivity index (χ0v) is 12.8. The van der Waals surface area contributed by atoms with Crippen molar-refractivity contribution in [3.05, 3.63) is 70.0 Å². The predicted octanol–water partition coefficient (Wildman–Crippen LogP) is 5.40. The van der Waals surface area contributed by atoms with Crippen LogP contribution in [-0.2, 0) is 6.42 Å². The lowest BCUT2D eigenvalue weighted by atomic mass is 10.00. The molecule has 1 atom stereocenters. The van der Waals surface area contributed by atoms with Crippen LogP contribution in [0.2, 0.25) is 0 Å². The second kappa shape index (κ2) is 6.00. The second-order valence-corrected chi connectivity index (χ2v) is 5.99. The molecule has 2 rings (SSSR count). The van der Waals surface area contributed by atoms with Gasteiger partial charge in [0, 0.05) is 4.83 Å². The van der Waals surface area contributed by atoms with Crippen molar-refractivity contribution in [2.24, 2.45) is 0 Å². The standard InChI is InChI=1S/C16H14BrF3/c1-9-5-12(6-10(2)16(9)20)13(17)7-11-3-4-14(18)15(19)8-11/h3-6,8,13H,7H2,1-2H3. The molecule has 0 aliphatic heterocycles. The van der Waals surface area contributed by atoms with Gasteiger partial charge in [0.2, 0.25) is 0 Å². The summed E-state index contributed by atoms with van der Waals surface area (Å²) in [7, 11) is 0. The Morgan fingerprint density at radius 3 is 2.10 bits per heavy atom. The first-order chi connectivity index (χ1) is 9.38. The van der Waals surface area contributed by atoms with Crippen LogP contribution in [0.3, 0.4) is 0 Å². The summed E-state index contributed by atoms with van der Waals surface area (Å²) in [6, 6.07) is 7.39. The van der Waals surface area contributed by atoms with Gasteiger partial charge < -0.3 is 0 Å². The number of benzene rings is 2. The van der Waals surface area contributed by atoms with Gasteiger partial charge in [-0.15, -0.1) is 0 Å². The van der Waals surface area contributed by atoms with E-state index >= 15 is 0 Å². The summed E-state index contributed by atoms with van der Waals surface area (Å²) < 4.78 is 39.6. The van der Waals surface area contributed by atoms with Crippen LogP contribution in [0.15, 0.2) is 30.3 Å². The SMILES string of the molecule is Cc1cc(C(Br)Cc2ccc(F)c(F)c2)cc(C)c1F. The highest BCUT2D eigenvalue weighted by molar-refractivity contribution is 9.09. The second-order valence-electron chi connectivity index (χ2n) is 4.89. The molecule has 0 aromatic heterocycles. The molecule has 20 heavy (non-hydrogen) atoms. The first kappa shape index (κ1) is 15.1. The van der Waals surface area contributed by atoms with Crippen molar-refractivity contribution in [3.63, 3.8) is 0 Å². The molecule has 0 bridgehead atoms. The third kappa shape index (κ3) is 3.23. The number of rotatable bonds is 3. The lowest BCUT2D eigenvalue weighted by Crippen LogP contribution is -2.00. The van der Waals surface area contributed by atoms with E-state index in [2.05, 4.69) is 15.9 Å². The summed E-state index contributed by atoms with van der Waals surface area (Å²) in [6.45, 7) is 3.42. The maximum absolute atomic E-state index is 13.6. The molecule has 0 nitrogen and oxygen atoms in total. The quantitative estimate of drug-likeness (QED) is 0.655. The fraction of sp³-hybridized carbons (Fsp3) is 0.250. The fourth-order valence-corrected chi connectivity index (χ4v) is 2.79. The molecule has 1 unspecified atom stereocenters. The van der Waals surface area contributed by atoms with Gasteiger partial charge in [-0.25, -0.2) is 13.2 Å². The van der Waals surface area contributed by atoms with Crippen molar-refractivity contribution in [1.82, 2.24) is 0 Å². The largest absolute Gasteiger partial charge is 0.206 e. The van der Waals surface area contributed by atoms with E-state index in [1.807, 2.05) is 0 Å². The lowest BCUT2D eigenvalue weighted by Gasteiger charge is -2.13. The summed E-state index contributed by atoms with van der Waals surface area (Å²) in [6.07, 6.45) is 0.502. The first-order valence-corrected chi connectivity index (χ1v) is 7.14. The van der Waals surface area contributed by atoms with Crippen LogP contribution >= 0.6 is 15.9 Å². The summed E-state index contributed by atoms with van der Waals surface area (Å²) in [5, 5.41) is 0. The molecule has 0 saturated carbocycles. The van der Waals surface area contributed by atoms with E-state index in [-0.39, 0.29) is 10.6 Å². The molecule has 4 heteroatoms.